The molecule has 0 aromatic heterocycles. The van der Waals surface area contributed by atoms with Crippen LogP contribution in [0.2, 0.25) is 0 Å². The smallest absolute Gasteiger partial charge is 0.306 e. The maximum absolute atomic E-state index is 13.4. The largest absolute Gasteiger partial charge is 0.454 e. The van der Waals surface area contributed by atoms with E-state index in [2.05, 4.69) is 50.4 Å². The van der Waals surface area contributed by atoms with Crippen LogP contribution in [-0.2, 0) is 23.8 Å². The Labute approximate surface area is 466 Å². The van der Waals surface area contributed by atoms with Gasteiger partial charge in [-0.2, -0.15) is 0 Å². The number of aliphatic hydroxyl groups is 5. The lowest BCUT2D eigenvalue weighted by Crippen LogP contribution is -2.61. The summed E-state index contributed by atoms with van der Waals surface area (Å²) in [6.45, 7) is 5.79. The van der Waals surface area contributed by atoms with Crippen LogP contribution in [-0.4, -0.2) is 99.6 Å². The lowest BCUT2D eigenvalue weighted by Gasteiger charge is -2.41. The first-order valence-corrected chi connectivity index (χ1v) is 32.3. The number of amides is 1. The lowest BCUT2D eigenvalue weighted by molar-refractivity contribution is -0.305. The van der Waals surface area contributed by atoms with Crippen molar-refractivity contribution in [2.45, 2.75) is 352 Å². The van der Waals surface area contributed by atoms with Crippen LogP contribution in [0.5, 0.6) is 0 Å². The molecule has 11 nitrogen and oxygen atoms in total. The number of nitrogens with one attached hydrogen (secondary N) is 1. The zero-order valence-corrected chi connectivity index (χ0v) is 49.4. The number of rotatable bonds is 55. The molecule has 0 aromatic rings. The topological polar surface area (TPSA) is 175 Å². The van der Waals surface area contributed by atoms with E-state index in [1.807, 2.05) is 6.08 Å². The number of aliphatic hydroxyl groups excluding tert-OH is 5. The van der Waals surface area contributed by atoms with E-state index in [9.17, 15) is 35.1 Å². The van der Waals surface area contributed by atoms with E-state index >= 15 is 0 Å². The lowest BCUT2D eigenvalue weighted by atomic mass is 9.99. The van der Waals surface area contributed by atoms with Crippen molar-refractivity contribution in [1.29, 1.82) is 0 Å². The summed E-state index contributed by atoms with van der Waals surface area (Å²) >= 11 is 0. The van der Waals surface area contributed by atoms with E-state index in [-0.39, 0.29) is 19.4 Å². The summed E-state index contributed by atoms with van der Waals surface area (Å²) in [4.78, 5) is 26.6. The van der Waals surface area contributed by atoms with E-state index < -0.39 is 67.4 Å². The number of hydrogen-bond donors (Lipinski definition) is 6. The van der Waals surface area contributed by atoms with Crippen molar-refractivity contribution in [2.24, 2.45) is 0 Å². The van der Waals surface area contributed by atoms with Crippen LogP contribution >= 0.6 is 0 Å². The standard InChI is InChI=1S/C65H121NO10/c1-4-7-10-13-16-19-22-25-27-29-30-31-33-35-38-41-44-47-50-53-60(70)76-63-62(72)61(71)59(54-67)75-65(63)74-55-56(57(68)51-48-45-42-39-36-24-21-18-15-12-9-6-3)66-64(73)58(69)52-49-46-43-40-37-34-32-28-26-23-20-17-14-11-8-5-2/h17,20,26,28,48,51,56-59,61-63,65,67-69,71-72H,4-16,18-19,21-25,27,29-47,49-50,52-55H2,1-3H3,(H,66,73)/b20-17-,28-26-,51-48+. The SMILES string of the molecule is CCCCC/C=C\C/C=C\CCCCCCCCC(O)C(=O)NC(COC1OC(CO)C(O)C(O)C1OC(=O)CCCCCCCCCCCCCCCCCCCCC)C(O)/C=C/CCCCCCCCCCCC. The molecule has 0 radical (unpaired) electrons. The monoisotopic (exact) mass is 1080 g/mol. The Hall–Kier alpha value is -2.12. The van der Waals surface area contributed by atoms with Crippen molar-refractivity contribution in [3.8, 4) is 0 Å². The maximum Gasteiger partial charge on any atom is 0.306 e. The highest BCUT2D eigenvalue weighted by Crippen LogP contribution is 2.26. The van der Waals surface area contributed by atoms with Gasteiger partial charge in [0.05, 0.1) is 25.4 Å². The summed E-state index contributed by atoms with van der Waals surface area (Å²) in [5.74, 6) is -1.19. The molecule has 0 bridgehead atoms. The van der Waals surface area contributed by atoms with Gasteiger partial charge in [0.1, 0.15) is 24.4 Å². The number of unbranched alkanes of at least 4 members (excludes halogenated alkanes) is 37. The quantitative estimate of drug-likeness (QED) is 0.0195. The normalized spacial score (nSPS) is 19.3. The summed E-state index contributed by atoms with van der Waals surface area (Å²) in [5.41, 5.74) is 0. The van der Waals surface area contributed by atoms with Crippen LogP contribution in [0.15, 0.2) is 36.5 Å². The summed E-state index contributed by atoms with van der Waals surface area (Å²) < 4.78 is 17.6. The van der Waals surface area contributed by atoms with Crippen molar-refractivity contribution < 1.29 is 49.3 Å². The Morgan fingerprint density at radius 1 is 0.513 bits per heavy atom. The number of allylic oxidation sites excluding steroid dienone is 5. The Balaban J connectivity index is 2.65. The van der Waals surface area contributed by atoms with Gasteiger partial charge in [0, 0.05) is 6.42 Å². The van der Waals surface area contributed by atoms with Crippen LogP contribution in [0.4, 0.5) is 0 Å². The van der Waals surface area contributed by atoms with Gasteiger partial charge < -0.3 is 45.1 Å². The third-order valence-electron chi connectivity index (χ3n) is 15.3. The molecule has 0 aromatic carbocycles. The third kappa shape index (κ3) is 41.0. The highest BCUT2D eigenvalue weighted by atomic mass is 16.7. The van der Waals surface area contributed by atoms with Gasteiger partial charge in [0.15, 0.2) is 12.4 Å². The Kier molecular flexibility index (Phi) is 50.6. The van der Waals surface area contributed by atoms with Gasteiger partial charge in [-0.3, -0.25) is 9.59 Å². The third-order valence-corrected chi connectivity index (χ3v) is 15.3. The molecule has 1 heterocycles. The first-order valence-electron chi connectivity index (χ1n) is 32.3. The molecule has 1 aliphatic heterocycles. The second-order valence-corrected chi connectivity index (χ2v) is 22.5. The average molecular weight is 1080 g/mol. The van der Waals surface area contributed by atoms with Crippen LogP contribution in [0.3, 0.4) is 0 Å². The zero-order chi connectivity index (χ0) is 55.4. The van der Waals surface area contributed by atoms with E-state index in [0.717, 1.165) is 83.5 Å². The minimum atomic E-state index is -1.61. The van der Waals surface area contributed by atoms with Gasteiger partial charge in [-0.25, -0.2) is 0 Å². The summed E-state index contributed by atoms with van der Waals surface area (Å²) in [6, 6.07) is -1.02. The van der Waals surface area contributed by atoms with Crippen molar-refractivity contribution in [3.05, 3.63) is 36.5 Å². The van der Waals surface area contributed by atoms with Crippen molar-refractivity contribution in [1.82, 2.24) is 5.32 Å². The highest BCUT2D eigenvalue weighted by molar-refractivity contribution is 5.80. The molecule has 76 heavy (non-hydrogen) atoms. The van der Waals surface area contributed by atoms with E-state index in [4.69, 9.17) is 14.2 Å². The Morgan fingerprint density at radius 3 is 1.37 bits per heavy atom. The second-order valence-electron chi connectivity index (χ2n) is 22.5. The zero-order valence-electron chi connectivity index (χ0n) is 49.4. The summed E-state index contributed by atoms with van der Waals surface area (Å²) in [5, 5.41) is 57.0. The van der Waals surface area contributed by atoms with Gasteiger partial charge >= 0.3 is 5.97 Å². The first kappa shape index (κ1) is 71.9. The van der Waals surface area contributed by atoms with Gasteiger partial charge in [-0.1, -0.05) is 276 Å². The summed E-state index contributed by atoms with van der Waals surface area (Å²) in [7, 11) is 0. The van der Waals surface area contributed by atoms with Crippen LogP contribution in [0, 0.1) is 0 Å². The van der Waals surface area contributed by atoms with Crippen LogP contribution < -0.4 is 5.32 Å². The van der Waals surface area contributed by atoms with Crippen molar-refractivity contribution in [3.63, 3.8) is 0 Å². The Bertz CT molecular complexity index is 1380. The fourth-order valence-corrected chi connectivity index (χ4v) is 10.2. The maximum atomic E-state index is 13.4. The van der Waals surface area contributed by atoms with Crippen LogP contribution in [0.1, 0.15) is 303 Å². The average Bonchev–Trinajstić information content (AvgIpc) is 3.42. The molecule has 0 spiro atoms. The molecule has 11 heteroatoms. The molecule has 8 atom stereocenters. The fourth-order valence-electron chi connectivity index (χ4n) is 10.2. The number of ether oxygens (including phenoxy) is 3. The molecule has 0 aliphatic carbocycles. The number of carbonyl (C=O) groups is 2. The molecule has 1 saturated heterocycles. The molecule has 8 unspecified atom stereocenters. The number of hydrogen-bond acceptors (Lipinski definition) is 10. The molecule has 1 fully saturated rings. The minimum Gasteiger partial charge on any atom is -0.454 e. The minimum absolute atomic E-state index is 0.128. The predicted octanol–water partition coefficient (Wildman–Crippen LogP) is 15.5. The van der Waals surface area contributed by atoms with E-state index in [1.54, 1.807) is 6.08 Å². The first-order chi connectivity index (χ1) is 37.2. The molecular formula is C65H121NO10. The number of carbonyl (C=O) groups excluding carboxylic acids is 2. The van der Waals surface area contributed by atoms with Crippen molar-refractivity contribution >= 4 is 11.9 Å². The van der Waals surface area contributed by atoms with Gasteiger partial charge in [0.25, 0.3) is 0 Å². The highest BCUT2D eigenvalue weighted by Gasteiger charge is 2.47. The molecule has 6 N–H and O–H groups in total. The molecular weight excluding hydrogens is 955 g/mol. The van der Waals surface area contributed by atoms with E-state index in [1.165, 1.54) is 173 Å². The molecule has 1 amide bonds. The van der Waals surface area contributed by atoms with Gasteiger partial charge in [-0.15, -0.1) is 0 Å². The predicted molar refractivity (Wildman–Crippen MR) is 315 cm³/mol. The van der Waals surface area contributed by atoms with Gasteiger partial charge in [-0.05, 0) is 57.8 Å². The van der Waals surface area contributed by atoms with Crippen LogP contribution in [0.25, 0.3) is 0 Å². The molecule has 0 saturated carbocycles. The summed E-state index contributed by atoms with van der Waals surface area (Å²) in [6.07, 6.45) is 53.2. The molecule has 446 valence electrons. The number of esters is 1. The van der Waals surface area contributed by atoms with Gasteiger partial charge in [0.2, 0.25) is 5.91 Å². The van der Waals surface area contributed by atoms with E-state index in [0.29, 0.717) is 12.8 Å². The Morgan fingerprint density at radius 2 is 0.908 bits per heavy atom. The molecule has 1 aliphatic rings. The van der Waals surface area contributed by atoms with Crippen molar-refractivity contribution in [2.75, 3.05) is 13.2 Å². The molecule has 1 rings (SSSR count). The second kappa shape index (κ2) is 53.5. The fraction of sp³-hybridized carbons (Fsp3) is 0.877.